The van der Waals surface area contributed by atoms with E-state index in [1.807, 2.05) is 0 Å². The van der Waals surface area contributed by atoms with Crippen molar-refractivity contribution in [3.8, 4) is 0 Å². The van der Waals surface area contributed by atoms with Crippen LogP contribution >= 0.6 is 0 Å². The number of benzene rings is 1. The van der Waals surface area contributed by atoms with Gasteiger partial charge in [-0.15, -0.1) is 0 Å². The third kappa shape index (κ3) is 1.64. The van der Waals surface area contributed by atoms with Gasteiger partial charge in [0.1, 0.15) is 0 Å². The first-order valence-electron chi connectivity index (χ1n) is 3.00. The summed E-state index contributed by atoms with van der Waals surface area (Å²) in [6.45, 7) is 0. The molecule has 64 valence electrons. The molecule has 0 amide bonds. The summed E-state index contributed by atoms with van der Waals surface area (Å²) in [5, 5.41) is 8.48. The molecular weight excluding hydrogens is 229 g/mol. The Hall–Kier alpha value is -0.892. The zero-order valence-corrected chi connectivity index (χ0v) is 8.27. The molecule has 1 atom stereocenters. The Morgan fingerprint density at radius 3 is 2.42 bits per heavy atom. The predicted octanol–water partition coefficient (Wildman–Crippen LogP) is -0.0786. The van der Waals surface area contributed by atoms with Crippen molar-refractivity contribution >= 4 is 27.2 Å². The molecule has 1 N–H and O–H groups in total. The van der Waals surface area contributed by atoms with E-state index in [1.54, 1.807) is 0 Å². The third-order valence-corrected chi connectivity index (χ3v) is 2.25. The first kappa shape index (κ1) is 9.20. The van der Waals surface area contributed by atoms with Crippen LogP contribution in [0.3, 0.4) is 0 Å². The van der Waals surface area contributed by atoms with Gasteiger partial charge in [0.2, 0.25) is 0 Å². The fraction of sp³-hybridized carbons (Fsp3) is 0. The van der Waals surface area contributed by atoms with Crippen LogP contribution in [0.1, 0.15) is 10.4 Å². The van der Waals surface area contributed by atoms with Crippen molar-refractivity contribution in [2.75, 3.05) is 0 Å². The van der Waals surface area contributed by atoms with Crippen LogP contribution in [-0.2, 0) is 0 Å². The molecule has 0 heterocycles. The van der Waals surface area contributed by atoms with Crippen molar-refractivity contribution in [3.63, 3.8) is 0 Å². The molecule has 1 aromatic rings. The van der Waals surface area contributed by atoms with Crippen LogP contribution in [0.2, 0.25) is 0 Å². The molecule has 0 aliphatic heterocycles. The van der Waals surface area contributed by atoms with E-state index in [4.69, 9.17) is 5.11 Å². The molecule has 5 heteroatoms. The Morgan fingerprint density at radius 1 is 1.42 bits per heavy atom. The summed E-state index contributed by atoms with van der Waals surface area (Å²) >= 11 is 0.878. The maximum atomic E-state index is 12.8. The number of hydrogen-bond acceptors (Lipinski definition) is 1. The van der Waals surface area contributed by atoms with Crippen molar-refractivity contribution in [2.24, 2.45) is 0 Å². The molecule has 0 aliphatic rings. The Kier molecular flexibility index (Phi) is 2.48. The van der Waals surface area contributed by atoms with Gasteiger partial charge in [-0.2, -0.15) is 0 Å². The van der Waals surface area contributed by atoms with Gasteiger partial charge in [-0.25, -0.2) is 0 Å². The zero-order chi connectivity index (χ0) is 9.30. The number of carboxylic acids is 1. The summed E-state index contributed by atoms with van der Waals surface area (Å²) in [7, 11) is 0. The quantitative estimate of drug-likeness (QED) is 0.690. The SMILES string of the molecule is O=C(O)c1c(F)cc(F)cc1[AsH2]. The monoisotopic (exact) mass is 234 g/mol. The molecule has 1 aromatic carbocycles. The van der Waals surface area contributed by atoms with Crippen molar-refractivity contribution in [1.29, 1.82) is 0 Å². The molecule has 1 rings (SSSR count). The zero-order valence-electron chi connectivity index (χ0n) is 5.84. The van der Waals surface area contributed by atoms with E-state index in [0.29, 0.717) is 6.07 Å². The molecule has 0 bridgehead atoms. The minimum atomic E-state index is -1.37. The second-order valence-corrected chi connectivity index (χ2v) is 3.46. The summed E-state index contributed by atoms with van der Waals surface area (Å²) in [6, 6.07) is 1.57. The van der Waals surface area contributed by atoms with Crippen LogP contribution in [-0.4, -0.2) is 27.9 Å². The van der Waals surface area contributed by atoms with Gasteiger partial charge in [0.05, 0.1) is 0 Å². The van der Waals surface area contributed by atoms with Gasteiger partial charge in [0, 0.05) is 0 Å². The van der Waals surface area contributed by atoms with Gasteiger partial charge in [-0.3, -0.25) is 0 Å². The van der Waals surface area contributed by atoms with Crippen molar-refractivity contribution < 1.29 is 18.7 Å². The topological polar surface area (TPSA) is 37.3 Å². The number of carbonyl (C=O) groups is 1. The van der Waals surface area contributed by atoms with Gasteiger partial charge in [-0.05, 0) is 0 Å². The Labute approximate surface area is 75.7 Å². The molecule has 0 saturated carbocycles. The Bertz CT molecular complexity index is 315. The van der Waals surface area contributed by atoms with E-state index in [0.717, 1.165) is 22.9 Å². The summed E-state index contributed by atoms with van der Waals surface area (Å²) in [4.78, 5) is 10.4. The van der Waals surface area contributed by atoms with E-state index in [2.05, 4.69) is 0 Å². The van der Waals surface area contributed by atoms with Crippen LogP contribution in [0.25, 0.3) is 0 Å². The van der Waals surface area contributed by atoms with Gasteiger partial charge >= 0.3 is 75.2 Å². The molecule has 0 radical (unpaired) electrons. The normalized spacial score (nSPS) is 9.92. The number of aromatic carboxylic acids is 1. The first-order valence-corrected chi connectivity index (χ1v) is 4.21. The third-order valence-electron chi connectivity index (χ3n) is 1.30. The fourth-order valence-corrected chi connectivity index (χ4v) is 1.70. The summed E-state index contributed by atoms with van der Waals surface area (Å²) in [5.74, 6) is -3.15. The molecular formula is C7H5AsF2O2. The van der Waals surface area contributed by atoms with E-state index >= 15 is 0 Å². The van der Waals surface area contributed by atoms with Gasteiger partial charge < -0.3 is 0 Å². The van der Waals surface area contributed by atoms with Crippen LogP contribution in [0.15, 0.2) is 12.1 Å². The average Bonchev–Trinajstić information content (AvgIpc) is 1.82. The molecule has 2 nitrogen and oxygen atoms in total. The Morgan fingerprint density at radius 2 is 2.00 bits per heavy atom. The number of rotatable bonds is 1. The van der Waals surface area contributed by atoms with Gasteiger partial charge in [0.15, 0.2) is 0 Å². The summed E-state index contributed by atoms with van der Waals surface area (Å²) in [5.41, 5.74) is -0.448. The standard InChI is InChI=1S/C7H5AsF2O2/c8-4-1-3(9)2-5(10)6(4)7(11)12/h1-2H,8H2,(H,11,12). The summed E-state index contributed by atoms with van der Waals surface area (Å²) < 4.78 is 25.3. The molecule has 1 unspecified atom stereocenters. The van der Waals surface area contributed by atoms with E-state index < -0.39 is 23.2 Å². The summed E-state index contributed by atoms with van der Waals surface area (Å²) in [6.07, 6.45) is 0. The fourth-order valence-electron chi connectivity index (χ4n) is 0.819. The van der Waals surface area contributed by atoms with Crippen molar-refractivity contribution in [1.82, 2.24) is 0 Å². The molecule has 0 aromatic heterocycles. The van der Waals surface area contributed by atoms with Gasteiger partial charge in [0.25, 0.3) is 0 Å². The number of carboxylic acid groups (broad SMARTS) is 1. The van der Waals surface area contributed by atoms with E-state index in [9.17, 15) is 13.6 Å². The molecule has 12 heavy (non-hydrogen) atoms. The molecule has 0 fully saturated rings. The van der Waals surface area contributed by atoms with Crippen LogP contribution in [0, 0.1) is 11.6 Å². The predicted molar refractivity (Wildman–Crippen MR) is 41.5 cm³/mol. The molecule has 0 spiro atoms. The van der Waals surface area contributed by atoms with Crippen LogP contribution < -0.4 is 4.35 Å². The molecule has 0 saturated heterocycles. The Balaban J connectivity index is 3.38. The van der Waals surface area contributed by atoms with Crippen LogP contribution in [0.5, 0.6) is 0 Å². The number of hydrogen-bond donors (Lipinski definition) is 1. The maximum absolute atomic E-state index is 12.8. The average molecular weight is 234 g/mol. The second-order valence-electron chi connectivity index (χ2n) is 2.16. The van der Waals surface area contributed by atoms with Crippen molar-refractivity contribution in [2.45, 2.75) is 0 Å². The first-order chi connectivity index (χ1) is 5.52. The minimum absolute atomic E-state index is 0.146. The van der Waals surface area contributed by atoms with Crippen LogP contribution in [0.4, 0.5) is 8.78 Å². The number of halogens is 2. The van der Waals surface area contributed by atoms with Crippen molar-refractivity contribution in [3.05, 3.63) is 29.3 Å². The van der Waals surface area contributed by atoms with E-state index in [1.165, 1.54) is 0 Å². The molecule has 0 aliphatic carbocycles. The second kappa shape index (κ2) is 3.23. The van der Waals surface area contributed by atoms with E-state index in [-0.39, 0.29) is 4.35 Å². The van der Waals surface area contributed by atoms with Gasteiger partial charge in [-0.1, -0.05) is 0 Å².